The summed E-state index contributed by atoms with van der Waals surface area (Å²) in [7, 11) is 0. The molecule has 0 spiro atoms. The van der Waals surface area contributed by atoms with Gasteiger partial charge in [-0.1, -0.05) is 26.0 Å². The lowest BCUT2D eigenvalue weighted by Gasteiger charge is -2.16. The highest BCUT2D eigenvalue weighted by Gasteiger charge is 2.14. The van der Waals surface area contributed by atoms with Crippen molar-refractivity contribution in [3.05, 3.63) is 50.6 Å². The molecule has 2 aromatic rings. The standard InChI is InChI=1S/C15H18BrNOS/c1-10(2)11-3-5-12(6-4-11)18-13(9-17)14-7-8-15(16)19-14/h3-8,10,13H,9,17H2,1-2H3. The van der Waals surface area contributed by atoms with E-state index in [4.69, 9.17) is 10.5 Å². The number of benzene rings is 1. The van der Waals surface area contributed by atoms with Gasteiger partial charge in [0.05, 0.1) is 3.79 Å². The summed E-state index contributed by atoms with van der Waals surface area (Å²) in [5.74, 6) is 1.40. The van der Waals surface area contributed by atoms with Crippen molar-refractivity contribution in [3.8, 4) is 5.75 Å². The zero-order valence-electron chi connectivity index (χ0n) is 11.1. The minimum atomic E-state index is -0.0822. The Morgan fingerprint density at radius 1 is 1.16 bits per heavy atom. The van der Waals surface area contributed by atoms with Gasteiger partial charge in [-0.2, -0.15) is 0 Å². The SMILES string of the molecule is CC(C)c1ccc(OC(CN)c2ccc(Br)s2)cc1. The lowest BCUT2D eigenvalue weighted by molar-refractivity contribution is 0.218. The minimum Gasteiger partial charge on any atom is -0.484 e. The molecule has 0 aliphatic heterocycles. The smallest absolute Gasteiger partial charge is 0.145 e. The molecule has 0 bridgehead atoms. The second-order valence-corrected chi connectivity index (χ2v) is 7.20. The molecule has 0 radical (unpaired) electrons. The lowest BCUT2D eigenvalue weighted by atomic mass is 10.0. The Morgan fingerprint density at radius 3 is 2.32 bits per heavy atom. The summed E-state index contributed by atoms with van der Waals surface area (Å²) in [6.45, 7) is 4.84. The monoisotopic (exact) mass is 339 g/mol. The number of thiophene rings is 1. The van der Waals surface area contributed by atoms with Crippen molar-refractivity contribution < 1.29 is 4.74 Å². The van der Waals surface area contributed by atoms with Gasteiger partial charge < -0.3 is 10.5 Å². The molecule has 4 heteroatoms. The molecular formula is C15H18BrNOS. The van der Waals surface area contributed by atoms with Crippen LogP contribution in [0.25, 0.3) is 0 Å². The summed E-state index contributed by atoms with van der Waals surface area (Å²) >= 11 is 5.12. The van der Waals surface area contributed by atoms with Crippen LogP contribution in [0.1, 0.15) is 36.3 Å². The molecular weight excluding hydrogens is 322 g/mol. The first-order valence-corrected chi connectivity index (χ1v) is 7.93. The maximum Gasteiger partial charge on any atom is 0.145 e. The highest BCUT2D eigenvalue weighted by molar-refractivity contribution is 9.11. The van der Waals surface area contributed by atoms with Crippen LogP contribution in [0.15, 0.2) is 40.2 Å². The zero-order valence-corrected chi connectivity index (χ0v) is 13.5. The Balaban J connectivity index is 2.10. The second kappa shape index (κ2) is 6.55. The van der Waals surface area contributed by atoms with E-state index in [2.05, 4.69) is 48.0 Å². The Labute approximate surface area is 126 Å². The molecule has 19 heavy (non-hydrogen) atoms. The number of ether oxygens (including phenoxy) is 1. The highest BCUT2D eigenvalue weighted by Crippen LogP contribution is 2.30. The fraction of sp³-hybridized carbons (Fsp3) is 0.333. The van der Waals surface area contributed by atoms with Gasteiger partial charge in [-0.05, 0) is 51.7 Å². The molecule has 2 N–H and O–H groups in total. The van der Waals surface area contributed by atoms with Gasteiger partial charge in [0.1, 0.15) is 11.9 Å². The van der Waals surface area contributed by atoms with Crippen LogP contribution in [-0.4, -0.2) is 6.54 Å². The summed E-state index contributed by atoms with van der Waals surface area (Å²) < 4.78 is 7.06. The molecule has 0 saturated heterocycles. The predicted molar refractivity (Wildman–Crippen MR) is 85.0 cm³/mol. The van der Waals surface area contributed by atoms with Crippen LogP contribution in [0.5, 0.6) is 5.75 Å². The normalized spacial score (nSPS) is 12.7. The Kier molecular flexibility index (Phi) is 5.02. The van der Waals surface area contributed by atoms with Crippen molar-refractivity contribution in [2.45, 2.75) is 25.9 Å². The van der Waals surface area contributed by atoms with Crippen LogP contribution in [0.4, 0.5) is 0 Å². The van der Waals surface area contributed by atoms with Crippen molar-refractivity contribution >= 4 is 27.3 Å². The molecule has 1 unspecified atom stereocenters. The van der Waals surface area contributed by atoms with Crippen LogP contribution in [0, 0.1) is 0 Å². The van der Waals surface area contributed by atoms with Gasteiger partial charge in [0.2, 0.25) is 0 Å². The Hall–Kier alpha value is -0.840. The average Bonchev–Trinajstić information content (AvgIpc) is 2.83. The maximum atomic E-state index is 5.96. The van der Waals surface area contributed by atoms with Crippen molar-refractivity contribution in [1.29, 1.82) is 0 Å². The third kappa shape index (κ3) is 3.81. The number of rotatable bonds is 5. The molecule has 1 aromatic carbocycles. The Morgan fingerprint density at radius 2 is 1.84 bits per heavy atom. The second-order valence-electron chi connectivity index (χ2n) is 4.71. The Bertz CT molecular complexity index is 521. The molecule has 1 heterocycles. The molecule has 1 atom stereocenters. The van der Waals surface area contributed by atoms with Crippen molar-refractivity contribution in [3.63, 3.8) is 0 Å². The molecule has 2 nitrogen and oxygen atoms in total. The molecule has 0 fully saturated rings. The third-order valence-corrected chi connectivity index (χ3v) is 4.67. The molecule has 0 aliphatic carbocycles. The van der Waals surface area contributed by atoms with E-state index in [-0.39, 0.29) is 6.10 Å². The van der Waals surface area contributed by atoms with E-state index >= 15 is 0 Å². The van der Waals surface area contributed by atoms with E-state index in [1.807, 2.05) is 18.2 Å². The fourth-order valence-electron chi connectivity index (χ4n) is 1.82. The van der Waals surface area contributed by atoms with Gasteiger partial charge in [-0.15, -0.1) is 11.3 Å². The van der Waals surface area contributed by atoms with Gasteiger partial charge >= 0.3 is 0 Å². The van der Waals surface area contributed by atoms with E-state index < -0.39 is 0 Å². The topological polar surface area (TPSA) is 35.2 Å². The van der Waals surface area contributed by atoms with Gasteiger partial charge in [0.15, 0.2) is 0 Å². The average molecular weight is 340 g/mol. The van der Waals surface area contributed by atoms with Crippen LogP contribution >= 0.6 is 27.3 Å². The maximum absolute atomic E-state index is 5.96. The van der Waals surface area contributed by atoms with Gasteiger partial charge in [0.25, 0.3) is 0 Å². The first-order chi connectivity index (χ1) is 9.10. The summed E-state index contributed by atoms with van der Waals surface area (Å²) in [4.78, 5) is 1.14. The van der Waals surface area contributed by atoms with Gasteiger partial charge in [0, 0.05) is 11.4 Å². The minimum absolute atomic E-state index is 0.0822. The molecule has 0 saturated carbocycles. The van der Waals surface area contributed by atoms with E-state index in [9.17, 15) is 0 Å². The number of halogens is 1. The zero-order chi connectivity index (χ0) is 13.8. The largest absolute Gasteiger partial charge is 0.484 e. The summed E-state index contributed by atoms with van der Waals surface area (Å²) in [6.07, 6.45) is -0.0822. The van der Waals surface area contributed by atoms with Gasteiger partial charge in [-0.3, -0.25) is 0 Å². The summed E-state index contributed by atoms with van der Waals surface area (Å²) in [6, 6.07) is 12.3. The quantitative estimate of drug-likeness (QED) is 0.855. The van der Waals surface area contributed by atoms with Crippen LogP contribution in [-0.2, 0) is 0 Å². The van der Waals surface area contributed by atoms with Crippen molar-refractivity contribution in [2.75, 3.05) is 6.54 Å². The number of hydrogen-bond acceptors (Lipinski definition) is 3. The summed E-state index contributed by atoms with van der Waals surface area (Å²) in [5.41, 5.74) is 7.12. The van der Waals surface area contributed by atoms with E-state index in [0.717, 1.165) is 14.4 Å². The van der Waals surface area contributed by atoms with E-state index in [1.54, 1.807) is 11.3 Å². The molecule has 2 rings (SSSR count). The number of nitrogens with two attached hydrogens (primary N) is 1. The predicted octanol–water partition coefficient (Wildman–Crippen LogP) is 4.71. The highest BCUT2D eigenvalue weighted by atomic mass is 79.9. The van der Waals surface area contributed by atoms with Gasteiger partial charge in [-0.25, -0.2) is 0 Å². The van der Waals surface area contributed by atoms with Crippen molar-refractivity contribution in [1.82, 2.24) is 0 Å². The fourth-order valence-corrected chi connectivity index (χ4v) is 3.29. The molecule has 1 aromatic heterocycles. The van der Waals surface area contributed by atoms with Crippen LogP contribution < -0.4 is 10.5 Å². The summed E-state index contributed by atoms with van der Waals surface area (Å²) in [5, 5.41) is 0. The first-order valence-electron chi connectivity index (χ1n) is 6.32. The van der Waals surface area contributed by atoms with Crippen LogP contribution in [0.3, 0.4) is 0 Å². The van der Waals surface area contributed by atoms with Crippen LogP contribution in [0.2, 0.25) is 0 Å². The number of hydrogen-bond donors (Lipinski definition) is 1. The van der Waals surface area contributed by atoms with E-state index in [1.165, 1.54) is 5.56 Å². The van der Waals surface area contributed by atoms with Crippen molar-refractivity contribution in [2.24, 2.45) is 5.73 Å². The molecule has 0 amide bonds. The molecule has 102 valence electrons. The molecule has 0 aliphatic rings. The van der Waals surface area contributed by atoms with E-state index in [0.29, 0.717) is 12.5 Å². The first kappa shape index (κ1) is 14.6. The lowest BCUT2D eigenvalue weighted by Crippen LogP contribution is -2.17. The third-order valence-electron chi connectivity index (χ3n) is 2.95.